The third kappa shape index (κ3) is 4.25. The zero-order chi connectivity index (χ0) is 15.9. The van der Waals surface area contributed by atoms with E-state index in [0.29, 0.717) is 5.92 Å². The number of ether oxygens (including phenoxy) is 1. The number of aryl methyl sites for hydroxylation is 1. The van der Waals surface area contributed by atoms with E-state index in [1.54, 1.807) is 7.11 Å². The van der Waals surface area contributed by atoms with E-state index in [0.717, 1.165) is 30.2 Å². The lowest BCUT2D eigenvalue weighted by molar-refractivity contribution is 0.407. The lowest BCUT2D eigenvalue weighted by Crippen LogP contribution is -2.15. The van der Waals surface area contributed by atoms with Crippen LogP contribution in [0.1, 0.15) is 29.0 Å². The van der Waals surface area contributed by atoms with E-state index in [9.17, 15) is 0 Å². The van der Waals surface area contributed by atoms with Gasteiger partial charge in [-0.25, -0.2) is 0 Å². The monoisotopic (exact) mass is 317 g/mol. The van der Waals surface area contributed by atoms with E-state index in [1.165, 1.54) is 16.7 Å². The molecule has 0 fully saturated rings. The van der Waals surface area contributed by atoms with Gasteiger partial charge in [-0.1, -0.05) is 35.9 Å². The highest BCUT2D eigenvalue weighted by molar-refractivity contribution is 6.30. The molecule has 2 aromatic rings. The predicted molar refractivity (Wildman–Crippen MR) is 94.2 cm³/mol. The molecule has 0 aliphatic rings. The number of hydrogen-bond donors (Lipinski definition) is 1. The predicted octanol–water partition coefficient (Wildman–Crippen LogP) is 4.59. The summed E-state index contributed by atoms with van der Waals surface area (Å²) in [6, 6.07) is 14.5. The van der Waals surface area contributed by atoms with Gasteiger partial charge >= 0.3 is 0 Å². The van der Waals surface area contributed by atoms with Crippen molar-refractivity contribution < 1.29 is 4.74 Å². The van der Waals surface area contributed by atoms with Gasteiger partial charge in [-0.15, -0.1) is 0 Å². The van der Waals surface area contributed by atoms with Crippen molar-refractivity contribution >= 4 is 11.6 Å². The summed E-state index contributed by atoms with van der Waals surface area (Å²) in [7, 11) is 3.71. The van der Waals surface area contributed by atoms with Gasteiger partial charge in [0.1, 0.15) is 5.75 Å². The summed E-state index contributed by atoms with van der Waals surface area (Å²) in [5, 5.41) is 4.01. The molecule has 1 N–H and O–H groups in total. The Morgan fingerprint density at radius 3 is 2.64 bits per heavy atom. The topological polar surface area (TPSA) is 21.3 Å². The second kappa shape index (κ2) is 8.21. The van der Waals surface area contributed by atoms with Gasteiger partial charge in [-0.2, -0.15) is 0 Å². The molecule has 0 spiro atoms. The van der Waals surface area contributed by atoms with Crippen LogP contribution in [0.25, 0.3) is 0 Å². The molecule has 0 saturated heterocycles. The minimum absolute atomic E-state index is 0.445. The molecular weight excluding hydrogens is 294 g/mol. The van der Waals surface area contributed by atoms with Gasteiger partial charge in [0.05, 0.1) is 7.11 Å². The second-order valence-corrected chi connectivity index (χ2v) is 6.04. The number of nitrogens with one attached hydrogen (secondary N) is 1. The smallest absolute Gasteiger partial charge is 0.122 e. The Balaban J connectivity index is 2.31. The molecule has 1 atom stereocenters. The Bertz CT molecular complexity index is 612. The maximum atomic E-state index is 6.17. The minimum atomic E-state index is 0.445. The maximum absolute atomic E-state index is 6.17. The van der Waals surface area contributed by atoms with E-state index >= 15 is 0 Å². The standard InChI is InChI=1S/C19H24ClNO/c1-14-6-4-5-7-18(14)15(10-11-21-2)12-16-13-17(20)8-9-19(16)22-3/h4-9,13,15,21H,10-12H2,1-3H3. The molecule has 0 aromatic heterocycles. The van der Waals surface area contributed by atoms with Crippen LogP contribution in [0.15, 0.2) is 42.5 Å². The number of methoxy groups -OCH3 is 1. The fourth-order valence-electron chi connectivity index (χ4n) is 2.90. The SMILES string of the molecule is CNCCC(Cc1cc(Cl)ccc1OC)c1ccccc1C. The molecule has 2 aromatic carbocycles. The highest BCUT2D eigenvalue weighted by Gasteiger charge is 2.16. The first-order valence-electron chi connectivity index (χ1n) is 7.68. The average molecular weight is 318 g/mol. The van der Waals surface area contributed by atoms with Crippen molar-refractivity contribution in [2.75, 3.05) is 20.7 Å². The Hall–Kier alpha value is -1.51. The lowest BCUT2D eigenvalue weighted by Gasteiger charge is -2.21. The molecule has 0 aliphatic carbocycles. The van der Waals surface area contributed by atoms with Gasteiger partial charge < -0.3 is 10.1 Å². The highest BCUT2D eigenvalue weighted by Crippen LogP contribution is 2.31. The zero-order valence-electron chi connectivity index (χ0n) is 13.5. The molecule has 0 radical (unpaired) electrons. The number of halogens is 1. The maximum Gasteiger partial charge on any atom is 0.122 e. The van der Waals surface area contributed by atoms with Crippen molar-refractivity contribution in [1.82, 2.24) is 5.32 Å². The molecule has 0 amide bonds. The molecule has 3 heteroatoms. The van der Waals surface area contributed by atoms with Crippen molar-refractivity contribution in [1.29, 1.82) is 0 Å². The normalized spacial score (nSPS) is 12.2. The molecule has 1 unspecified atom stereocenters. The minimum Gasteiger partial charge on any atom is -0.496 e. The Labute approximate surface area is 138 Å². The third-order valence-corrected chi connectivity index (χ3v) is 4.31. The van der Waals surface area contributed by atoms with Gasteiger partial charge in [-0.3, -0.25) is 0 Å². The van der Waals surface area contributed by atoms with Crippen molar-refractivity contribution in [3.8, 4) is 5.75 Å². The quantitative estimate of drug-likeness (QED) is 0.806. The van der Waals surface area contributed by atoms with Gasteiger partial charge in [0, 0.05) is 5.02 Å². The Kier molecular flexibility index (Phi) is 6.29. The van der Waals surface area contributed by atoms with E-state index < -0.39 is 0 Å². The van der Waals surface area contributed by atoms with Gasteiger partial charge in [-0.05, 0) is 74.2 Å². The summed E-state index contributed by atoms with van der Waals surface area (Å²) < 4.78 is 5.50. The van der Waals surface area contributed by atoms with Crippen molar-refractivity contribution in [3.05, 3.63) is 64.2 Å². The van der Waals surface area contributed by atoms with Crippen LogP contribution in [0, 0.1) is 6.92 Å². The molecule has 118 valence electrons. The molecule has 0 saturated carbocycles. The first-order valence-corrected chi connectivity index (χ1v) is 8.06. The zero-order valence-corrected chi connectivity index (χ0v) is 14.3. The number of hydrogen-bond acceptors (Lipinski definition) is 2. The summed E-state index contributed by atoms with van der Waals surface area (Å²) >= 11 is 6.17. The Morgan fingerprint density at radius 1 is 1.18 bits per heavy atom. The summed E-state index contributed by atoms with van der Waals surface area (Å²) in [5.74, 6) is 1.36. The van der Waals surface area contributed by atoms with Gasteiger partial charge in [0.15, 0.2) is 0 Å². The molecule has 22 heavy (non-hydrogen) atoms. The first-order chi connectivity index (χ1) is 10.7. The first kappa shape index (κ1) is 16.9. The molecule has 2 rings (SSSR count). The lowest BCUT2D eigenvalue weighted by atomic mass is 9.86. The Morgan fingerprint density at radius 2 is 1.95 bits per heavy atom. The highest BCUT2D eigenvalue weighted by atomic mass is 35.5. The van der Waals surface area contributed by atoms with Gasteiger partial charge in [0.2, 0.25) is 0 Å². The van der Waals surface area contributed by atoms with Crippen molar-refractivity contribution in [2.24, 2.45) is 0 Å². The van der Waals surface area contributed by atoms with Crippen molar-refractivity contribution in [3.63, 3.8) is 0 Å². The molecule has 2 nitrogen and oxygen atoms in total. The molecular formula is C19H24ClNO. The van der Waals surface area contributed by atoms with Gasteiger partial charge in [0.25, 0.3) is 0 Å². The number of rotatable bonds is 7. The van der Waals surface area contributed by atoms with E-state index in [2.05, 4.69) is 36.5 Å². The molecule has 0 aliphatic heterocycles. The molecule has 0 bridgehead atoms. The second-order valence-electron chi connectivity index (χ2n) is 5.61. The average Bonchev–Trinajstić information content (AvgIpc) is 2.52. The van der Waals surface area contributed by atoms with Crippen LogP contribution in [-0.4, -0.2) is 20.7 Å². The van der Waals surface area contributed by atoms with E-state index in [1.807, 2.05) is 25.2 Å². The summed E-state index contributed by atoms with van der Waals surface area (Å²) in [6.07, 6.45) is 2.01. The van der Waals surface area contributed by atoms with Crippen LogP contribution in [0.3, 0.4) is 0 Å². The number of benzene rings is 2. The van der Waals surface area contributed by atoms with Crippen LogP contribution in [-0.2, 0) is 6.42 Å². The van der Waals surface area contributed by atoms with Crippen LogP contribution >= 0.6 is 11.6 Å². The van der Waals surface area contributed by atoms with Crippen molar-refractivity contribution in [2.45, 2.75) is 25.7 Å². The van der Waals surface area contributed by atoms with E-state index in [-0.39, 0.29) is 0 Å². The van der Waals surface area contributed by atoms with Crippen LogP contribution < -0.4 is 10.1 Å². The fourth-order valence-corrected chi connectivity index (χ4v) is 3.10. The molecule has 0 heterocycles. The summed E-state index contributed by atoms with van der Waals surface area (Å²) in [5.41, 5.74) is 3.91. The summed E-state index contributed by atoms with van der Waals surface area (Å²) in [6.45, 7) is 3.17. The largest absolute Gasteiger partial charge is 0.496 e. The van der Waals surface area contributed by atoms with Crippen LogP contribution in [0.4, 0.5) is 0 Å². The van der Waals surface area contributed by atoms with E-state index in [4.69, 9.17) is 16.3 Å². The van der Waals surface area contributed by atoms with Crippen LogP contribution in [0.5, 0.6) is 5.75 Å². The van der Waals surface area contributed by atoms with Crippen LogP contribution in [0.2, 0.25) is 5.02 Å². The fraction of sp³-hybridized carbons (Fsp3) is 0.368. The summed E-state index contributed by atoms with van der Waals surface area (Å²) in [4.78, 5) is 0. The third-order valence-electron chi connectivity index (χ3n) is 4.08.